The van der Waals surface area contributed by atoms with Crippen LogP contribution in [0.25, 0.3) is 0 Å². The van der Waals surface area contributed by atoms with Crippen LogP contribution < -0.4 is 10.1 Å². The van der Waals surface area contributed by atoms with E-state index in [1.165, 1.54) is 0 Å². The summed E-state index contributed by atoms with van der Waals surface area (Å²) in [4.78, 5) is 12.3. The molecule has 2 aromatic rings. The number of ether oxygens (including phenoxy) is 1. The van der Waals surface area contributed by atoms with Crippen molar-refractivity contribution < 1.29 is 9.53 Å². The van der Waals surface area contributed by atoms with Crippen LogP contribution in [0.5, 0.6) is 5.75 Å². The molecule has 0 aromatic heterocycles. The highest BCUT2D eigenvalue weighted by Crippen LogP contribution is 2.17. The van der Waals surface area contributed by atoms with Crippen LogP contribution in [-0.4, -0.2) is 17.8 Å². The topological polar surface area (TPSA) is 38.3 Å². The van der Waals surface area contributed by atoms with Crippen molar-refractivity contribution in [3.63, 3.8) is 0 Å². The highest BCUT2D eigenvalue weighted by atomic mass is 79.9. The number of hydrogen-bond donors (Lipinski definition) is 1. The Balaban J connectivity index is 2.05. The third kappa shape index (κ3) is 4.33. The Morgan fingerprint density at radius 1 is 1.14 bits per heavy atom. The van der Waals surface area contributed by atoms with Gasteiger partial charge in [0.15, 0.2) is 0 Å². The van der Waals surface area contributed by atoms with E-state index in [0.29, 0.717) is 17.5 Å². The van der Waals surface area contributed by atoms with E-state index in [2.05, 4.69) is 21.2 Å². The molecular weight excluding hydrogens is 330 g/mol. The van der Waals surface area contributed by atoms with Crippen molar-refractivity contribution in [1.82, 2.24) is 5.32 Å². The van der Waals surface area contributed by atoms with Gasteiger partial charge in [0, 0.05) is 10.9 Å². The van der Waals surface area contributed by atoms with Gasteiger partial charge >= 0.3 is 0 Å². The Morgan fingerprint density at radius 2 is 1.81 bits per heavy atom. The number of benzene rings is 2. The lowest BCUT2D eigenvalue weighted by Gasteiger charge is -2.16. The Kier molecular flexibility index (Phi) is 5.81. The van der Waals surface area contributed by atoms with E-state index >= 15 is 0 Å². The summed E-state index contributed by atoms with van der Waals surface area (Å²) >= 11 is 3.45. The van der Waals surface area contributed by atoms with Crippen molar-refractivity contribution in [2.45, 2.75) is 13.0 Å². The molecule has 0 aliphatic rings. The fourth-order valence-corrected chi connectivity index (χ4v) is 2.54. The number of nitrogens with one attached hydrogen (secondary N) is 1. The molecule has 1 amide bonds. The number of alkyl halides is 1. The van der Waals surface area contributed by atoms with E-state index in [-0.39, 0.29) is 11.9 Å². The minimum Gasteiger partial charge on any atom is -0.494 e. The zero-order valence-corrected chi connectivity index (χ0v) is 13.5. The lowest BCUT2D eigenvalue weighted by atomic mass is 10.1. The second kappa shape index (κ2) is 7.84. The van der Waals surface area contributed by atoms with Crippen molar-refractivity contribution in [2.24, 2.45) is 0 Å². The second-order valence-corrected chi connectivity index (χ2v) is 5.20. The van der Waals surface area contributed by atoms with Crippen LogP contribution in [0.3, 0.4) is 0 Å². The van der Waals surface area contributed by atoms with Crippen molar-refractivity contribution in [1.29, 1.82) is 0 Å². The van der Waals surface area contributed by atoms with E-state index < -0.39 is 0 Å². The van der Waals surface area contributed by atoms with Crippen LogP contribution in [0.2, 0.25) is 0 Å². The van der Waals surface area contributed by atoms with Gasteiger partial charge in [0.25, 0.3) is 5.91 Å². The molecule has 3 nitrogen and oxygen atoms in total. The fourth-order valence-electron chi connectivity index (χ4n) is 2.01. The molecule has 1 atom stereocenters. The van der Waals surface area contributed by atoms with E-state index in [1.807, 2.05) is 49.4 Å². The van der Waals surface area contributed by atoms with Gasteiger partial charge in [0.1, 0.15) is 5.75 Å². The summed E-state index contributed by atoms with van der Waals surface area (Å²) in [6.45, 7) is 2.55. The molecule has 1 unspecified atom stereocenters. The maximum atomic E-state index is 12.3. The molecule has 0 saturated heterocycles. The quantitative estimate of drug-likeness (QED) is 0.803. The van der Waals surface area contributed by atoms with Crippen LogP contribution >= 0.6 is 15.9 Å². The SMILES string of the molecule is CCOc1ccc(C(=O)NC(CBr)c2ccccc2)cc1. The third-order valence-corrected chi connectivity index (χ3v) is 3.74. The monoisotopic (exact) mass is 347 g/mol. The molecule has 0 aliphatic heterocycles. The maximum absolute atomic E-state index is 12.3. The summed E-state index contributed by atoms with van der Waals surface area (Å²) in [5, 5.41) is 3.69. The van der Waals surface area contributed by atoms with E-state index in [1.54, 1.807) is 12.1 Å². The van der Waals surface area contributed by atoms with Crippen molar-refractivity contribution in [3.8, 4) is 5.75 Å². The lowest BCUT2D eigenvalue weighted by molar-refractivity contribution is 0.0941. The van der Waals surface area contributed by atoms with Crippen LogP contribution in [0, 0.1) is 0 Å². The Labute approximate surface area is 133 Å². The highest BCUT2D eigenvalue weighted by molar-refractivity contribution is 9.09. The van der Waals surface area contributed by atoms with Crippen LogP contribution in [0.1, 0.15) is 28.9 Å². The van der Waals surface area contributed by atoms with Gasteiger partial charge in [0.2, 0.25) is 0 Å². The zero-order chi connectivity index (χ0) is 15.1. The lowest BCUT2D eigenvalue weighted by Crippen LogP contribution is -2.29. The molecule has 110 valence electrons. The van der Waals surface area contributed by atoms with E-state index in [0.717, 1.165) is 11.3 Å². The molecule has 1 N–H and O–H groups in total. The van der Waals surface area contributed by atoms with Crippen molar-refractivity contribution in [3.05, 3.63) is 65.7 Å². The molecule has 0 saturated carbocycles. The summed E-state index contributed by atoms with van der Waals surface area (Å²) in [7, 11) is 0. The number of halogens is 1. The summed E-state index contributed by atoms with van der Waals surface area (Å²) in [6, 6.07) is 17.0. The first-order chi connectivity index (χ1) is 10.2. The Morgan fingerprint density at radius 3 is 2.38 bits per heavy atom. The highest BCUT2D eigenvalue weighted by Gasteiger charge is 2.14. The first-order valence-electron chi connectivity index (χ1n) is 6.89. The van der Waals surface area contributed by atoms with Gasteiger partial charge in [-0.15, -0.1) is 0 Å². The van der Waals surface area contributed by atoms with Crippen molar-refractivity contribution in [2.75, 3.05) is 11.9 Å². The van der Waals surface area contributed by atoms with Gasteiger partial charge in [-0.2, -0.15) is 0 Å². The number of carbonyl (C=O) groups is 1. The van der Waals surface area contributed by atoms with Crippen molar-refractivity contribution >= 4 is 21.8 Å². The Hall–Kier alpha value is -1.81. The zero-order valence-electron chi connectivity index (χ0n) is 11.9. The second-order valence-electron chi connectivity index (χ2n) is 4.55. The molecule has 4 heteroatoms. The molecule has 0 bridgehead atoms. The molecule has 0 radical (unpaired) electrons. The average molecular weight is 348 g/mol. The molecule has 0 spiro atoms. The average Bonchev–Trinajstić information content (AvgIpc) is 2.54. The predicted molar refractivity (Wildman–Crippen MR) is 88.1 cm³/mol. The first kappa shape index (κ1) is 15.6. The molecule has 2 aromatic carbocycles. The van der Waals surface area contributed by atoms with Gasteiger partial charge in [-0.1, -0.05) is 46.3 Å². The fraction of sp³-hybridized carbons (Fsp3) is 0.235. The number of carbonyl (C=O) groups excluding carboxylic acids is 1. The maximum Gasteiger partial charge on any atom is 0.251 e. The summed E-state index contributed by atoms with van der Waals surface area (Å²) in [5.74, 6) is 0.681. The van der Waals surface area contributed by atoms with Crippen LogP contribution in [0.4, 0.5) is 0 Å². The van der Waals surface area contributed by atoms with E-state index in [9.17, 15) is 4.79 Å². The van der Waals surface area contributed by atoms with Gasteiger partial charge < -0.3 is 10.1 Å². The summed E-state index contributed by atoms with van der Waals surface area (Å²) in [5.41, 5.74) is 1.70. The number of rotatable bonds is 6. The summed E-state index contributed by atoms with van der Waals surface area (Å²) < 4.78 is 5.37. The van der Waals surface area contributed by atoms with Gasteiger partial charge in [-0.25, -0.2) is 0 Å². The van der Waals surface area contributed by atoms with Gasteiger partial charge in [-0.05, 0) is 36.8 Å². The largest absolute Gasteiger partial charge is 0.494 e. The molecule has 0 fully saturated rings. The van der Waals surface area contributed by atoms with Gasteiger partial charge in [-0.3, -0.25) is 4.79 Å². The summed E-state index contributed by atoms with van der Waals surface area (Å²) in [6.07, 6.45) is 0. The van der Waals surface area contributed by atoms with Crippen LogP contribution in [0.15, 0.2) is 54.6 Å². The Bertz CT molecular complexity index is 569. The smallest absolute Gasteiger partial charge is 0.251 e. The molecule has 0 heterocycles. The predicted octanol–water partition coefficient (Wildman–Crippen LogP) is 3.95. The van der Waals surface area contributed by atoms with Gasteiger partial charge in [0.05, 0.1) is 12.6 Å². The molecular formula is C17H18BrNO2. The first-order valence-corrected chi connectivity index (χ1v) is 8.01. The third-order valence-electron chi connectivity index (χ3n) is 3.09. The normalized spacial score (nSPS) is 11.7. The number of hydrogen-bond acceptors (Lipinski definition) is 2. The van der Waals surface area contributed by atoms with Crippen LogP contribution in [-0.2, 0) is 0 Å². The molecule has 0 aliphatic carbocycles. The minimum absolute atomic E-state index is 0.0507. The molecule has 21 heavy (non-hydrogen) atoms. The minimum atomic E-state index is -0.0913. The van der Waals surface area contributed by atoms with E-state index in [4.69, 9.17) is 4.74 Å². The molecule has 2 rings (SSSR count). The standard InChI is InChI=1S/C17H18BrNO2/c1-2-21-15-10-8-14(9-11-15)17(20)19-16(12-18)13-6-4-3-5-7-13/h3-11,16H,2,12H2,1H3,(H,19,20). The number of amides is 1.